The minimum absolute atomic E-state index is 0.354. The molecule has 28 heavy (non-hydrogen) atoms. The van der Waals surface area contributed by atoms with Crippen LogP contribution in [0.15, 0.2) is 47.6 Å². The molecule has 2 heterocycles. The van der Waals surface area contributed by atoms with Crippen LogP contribution in [0.5, 0.6) is 0 Å². The van der Waals surface area contributed by atoms with Crippen molar-refractivity contribution < 1.29 is 0 Å². The maximum absolute atomic E-state index is 4.48. The van der Waals surface area contributed by atoms with Crippen LogP contribution in [-0.2, 0) is 0 Å². The number of anilines is 2. The van der Waals surface area contributed by atoms with Gasteiger partial charge in [0.05, 0.1) is 11.7 Å². The summed E-state index contributed by atoms with van der Waals surface area (Å²) in [5, 5.41) is 13.7. The van der Waals surface area contributed by atoms with Gasteiger partial charge in [0.2, 0.25) is 0 Å². The second-order valence-corrected chi connectivity index (χ2v) is 6.59. The van der Waals surface area contributed by atoms with Gasteiger partial charge in [0.15, 0.2) is 5.65 Å². The van der Waals surface area contributed by atoms with Crippen LogP contribution in [0.4, 0.5) is 11.6 Å². The van der Waals surface area contributed by atoms with Crippen LogP contribution in [0.2, 0.25) is 0 Å². The number of aryl methyl sites for hydroxylation is 1. The van der Waals surface area contributed by atoms with Crippen LogP contribution in [0.1, 0.15) is 25.0 Å². The van der Waals surface area contributed by atoms with Gasteiger partial charge in [-0.15, -0.1) is 10.2 Å². The van der Waals surface area contributed by atoms with Crippen molar-refractivity contribution in [3.05, 3.63) is 53.6 Å². The van der Waals surface area contributed by atoms with Gasteiger partial charge >= 0.3 is 0 Å². The maximum atomic E-state index is 4.48. The molecular formula is C21H23N7. The van der Waals surface area contributed by atoms with Crippen LogP contribution >= 0.6 is 0 Å². The summed E-state index contributed by atoms with van der Waals surface area (Å²) in [5.41, 5.74) is 8.71. The highest BCUT2D eigenvalue weighted by atomic mass is 15.4. The summed E-state index contributed by atoms with van der Waals surface area (Å²) in [6.07, 6.45) is 1.74. The van der Waals surface area contributed by atoms with E-state index in [9.17, 15) is 0 Å². The van der Waals surface area contributed by atoms with E-state index in [4.69, 9.17) is 0 Å². The highest BCUT2D eigenvalue weighted by molar-refractivity contribution is 6.04. The average Bonchev–Trinajstić information content (AvgIpc) is 3.09. The molecule has 0 radical (unpaired) electrons. The number of benzene rings is 2. The summed E-state index contributed by atoms with van der Waals surface area (Å²) >= 11 is 0. The Bertz CT molecular complexity index is 1120. The number of aromatic nitrogens is 4. The largest absolute Gasteiger partial charge is 0.372 e. The molecule has 0 unspecified atom stereocenters. The molecule has 2 aromatic heterocycles. The fourth-order valence-corrected chi connectivity index (χ4v) is 3.32. The maximum Gasteiger partial charge on any atom is 0.265 e. The molecular weight excluding hydrogens is 350 g/mol. The number of rotatable bonds is 6. The van der Waals surface area contributed by atoms with Crippen LogP contribution in [0.3, 0.4) is 0 Å². The van der Waals surface area contributed by atoms with E-state index < -0.39 is 0 Å². The van der Waals surface area contributed by atoms with Crippen LogP contribution in [0.25, 0.3) is 22.1 Å². The summed E-state index contributed by atoms with van der Waals surface area (Å²) in [5.74, 6) is 0.354. The highest BCUT2D eigenvalue weighted by Crippen LogP contribution is 2.24. The lowest BCUT2D eigenvalue weighted by molar-refractivity contribution is 0.866. The first-order valence-corrected chi connectivity index (χ1v) is 9.45. The van der Waals surface area contributed by atoms with Crippen molar-refractivity contribution in [2.45, 2.75) is 20.8 Å². The van der Waals surface area contributed by atoms with Crippen LogP contribution in [0, 0.1) is 6.92 Å². The van der Waals surface area contributed by atoms with Crippen LogP contribution in [-0.4, -0.2) is 39.5 Å². The van der Waals surface area contributed by atoms with Gasteiger partial charge < -0.3 is 9.88 Å². The van der Waals surface area contributed by atoms with Crippen molar-refractivity contribution >= 4 is 39.9 Å². The first-order chi connectivity index (χ1) is 13.7. The number of nitrogens with zero attached hydrogens (tertiary/aromatic N) is 5. The molecule has 0 bridgehead atoms. The Hall–Kier alpha value is -3.48. The SMILES string of the molecule is CCN(CC)c1ccc(C=NNc2nnc3c(n2)[nH]c2c(C)cccc23)cc1. The van der Waals surface area contributed by atoms with E-state index in [1.54, 1.807) is 6.21 Å². The summed E-state index contributed by atoms with van der Waals surface area (Å²) in [4.78, 5) is 10.1. The predicted octanol–water partition coefficient (Wildman–Crippen LogP) is 4.11. The number of hydrogen-bond donors (Lipinski definition) is 2. The molecule has 4 aromatic rings. The second-order valence-electron chi connectivity index (χ2n) is 6.59. The Morgan fingerprint density at radius 1 is 1.07 bits per heavy atom. The molecule has 2 N–H and O–H groups in total. The van der Waals surface area contributed by atoms with Crippen molar-refractivity contribution in [3.8, 4) is 0 Å². The summed E-state index contributed by atoms with van der Waals surface area (Å²) in [6, 6.07) is 14.4. The lowest BCUT2D eigenvalue weighted by atomic mass is 10.1. The summed E-state index contributed by atoms with van der Waals surface area (Å²) in [7, 11) is 0. The van der Waals surface area contributed by atoms with E-state index in [0.29, 0.717) is 11.6 Å². The molecule has 0 aliphatic heterocycles. The number of nitrogens with one attached hydrogen (secondary N) is 2. The first-order valence-electron chi connectivity index (χ1n) is 9.45. The van der Waals surface area contributed by atoms with Crippen molar-refractivity contribution in [1.82, 2.24) is 20.2 Å². The quantitative estimate of drug-likeness (QED) is 0.393. The molecule has 4 rings (SSSR count). The smallest absolute Gasteiger partial charge is 0.265 e. The third kappa shape index (κ3) is 3.38. The van der Waals surface area contributed by atoms with E-state index >= 15 is 0 Å². The third-order valence-corrected chi connectivity index (χ3v) is 4.86. The van der Waals surface area contributed by atoms with Crippen molar-refractivity contribution in [2.24, 2.45) is 5.10 Å². The summed E-state index contributed by atoms with van der Waals surface area (Å²) < 4.78 is 0. The molecule has 142 valence electrons. The average molecular weight is 373 g/mol. The van der Waals surface area contributed by atoms with Gasteiger partial charge in [0.1, 0.15) is 5.52 Å². The van der Waals surface area contributed by atoms with Crippen molar-refractivity contribution in [1.29, 1.82) is 0 Å². The summed E-state index contributed by atoms with van der Waals surface area (Å²) in [6.45, 7) is 8.35. The lowest BCUT2D eigenvalue weighted by Crippen LogP contribution is -2.21. The lowest BCUT2D eigenvalue weighted by Gasteiger charge is -2.20. The number of H-pyrrole nitrogens is 1. The molecule has 0 aliphatic carbocycles. The topological polar surface area (TPSA) is 82.1 Å². The zero-order valence-electron chi connectivity index (χ0n) is 16.3. The monoisotopic (exact) mass is 373 g/mol. The van der Waals surface area contributed by atoms with E-state index in [1.807, 2.05) is 24.3 Å². The minimum atomic E-state index is 0.354. The highest BCUT2D eigenvalue weighted by Gasteiger charge is 2.10. The molecule has 2 aromatic carbocycles. The second kappa shape index (κ2) is 7.64. The molecule has 0 saturated heterocycles. The fourth-order valence-electron chi connectivity index (χ4n) is 3.32. The van der Waals surface area contributed by atoms with Gasteiger partial charge in [-0.05, 0) is 44.0 Å². The first kappa shape index (κ1) is 17.9. The number of aromatic amines is 1. The van der Waals surface area contributed by atoms with Gasteiger partial charge in [-0.2, -0.15) is 10.1 Å². The Labute approximate surface area is 163 Å². The molecule has 0 spiro atoms. The number of fused-ring (bicyclic) bond motifs is 3. The molecule has 0 fully saturated rings. The van der Waals surface area contributed by atoms with E-state index in [2.05, 4.69) is 74.6 Å². The number of hydrogen-bond acceptors (Lipinski definition) is 6. The van der Waals surface area contributed by atoms with E-state index in [-0.39, 0.29) is 0 Å². The molecule has 7 nitrogen and oxygen atoms in total. The standard InChI is InChI=1S/C21H23N7/c1-4-28(5-2)16-11-9-15(10-12-16)13-22-26-21-24-20-19(25-27-21)17-8-6-7-14(3)18(17)23-20/h6-13H,4-5H2,1-3H3,(H2,23,24,26,27). The number of para-hydroxylation sites is 1. The molecule has 0 atom stereocenters. The van der Waals surface area contributed by atoms with Gasteiger partial charge in [0, 0.05) is 24.2 Å². The predicted molar refractivity (Wildman–Crippen MR) is 115 cm³/mol. The van der Waals surface area contributed by atoms with E-state index in [1.165, 1.54) is 5.69 Å². The zero-order valence-corrected chi connectivity index (χ0v) is 16.3. The van der Waals surface area contributed by atoms with Gasteiger partial charge in [-0.3, -0.25) is 0 Å². The third-order valence-electron chi connectivity index (χ3n) is 4.86. The minimum Gasteiger partial charge on any atom is -0.372 e. The van der Waals surface area contributed by atoms with Crippen molar-refractivity contribution in [2.75, 3.05) is 23.4 Å². The fraction of sp³-hybridized carbons (Fsp3) is 0.238. The zero-order chi connectivity index (χ0) is 19.5. The molecule has 0 amide bonds. The van der Waals surface area contributed by atoms with E-state index in [0.717, 1.165) is 40.6 Å². The van der Waals surface area contributed by atoms with Gasteiger partial charge in [-0.1, -0.05) is 30.3 Å². The Morgan fingerprint density at radius 3 is 2.61 bits per heavy atom. The molecule has 0 aliphatic rings. The van der Waals surface area contributed by atoms with Crippen LogP contribution < -0.4 is 10.3 Å². The molecule has 0 saturated carbocycles. The van der Waals surface area contributed by atoms with Gasteiger partial charge in [-0.25, -0.2) is 5.43 Å². The van der Waals surface area contributed by atoms with Crippen molar-refractivity contribution in [3.63, 3.8) is 0 Å². The van der Waals surface area contributed by atoms with Gasteiger partial charge in [0.25, 0.3) is 5.95 Å². The normalized spacial score (nSPS) is 11.5. The molecule has 7 heteroatoms. The number of hydrazone groups is 1. The Kier molecular flexibility index (Phi) is 4.89. The Balaban J connectivity index is 1.50. The Morgan fingerprint density at radius 2 is 1.86 bits per heavy atom.